The van der Waals surface area contributed by atoms with Crippen molar-refractivity contribution in [3.05, 3.63) is 60.7 Å². The fourth-order valence-electron chi connectivity index (χ4n) is 2.24. The van der Waals surface area contributed by atoms with E-state index in [0.717, 1.165) is 5.56 Å². The quantitative estimate of drug-likeness (QED) is 0.546. The maximum atomic E-state index is 12.5. The van der Waals surface area contributed by atoms with Crippen LogP contribution in [-0.2, 0) is 4.79 Å². The van der Waals surface area contributed by atoms with Gasteiger partial charge in [0.15, 0.2) is 5.82 Å². The van der Waals surface area contributed by atoms with Crippen LogP contribution >= 0.6 is 11.8 Å². The Balaban J connectivity index is 1.65. The summed E-state index contributed by atoms with van der Waals surface area (Å²) in [4.78, 5) is 18.3. The van der Waals surface area contributed by atoms with Gasteiger partial charge >= 0.3 is 0 Å². The predicted molar refractivity (Wildman–Crippen MR) is 97.0 cm³/mol. The lowest BCUT2D eigenvalue weighted by atomic mass is 10.2. The SMILES string of the molecule is N#CCN(C(=O)CSc1n[nH]c(-c2ccccc2)n1)c1ccccc1. The van der Waals surface area contributed by atoms with Crippen molar-refractivity contribution < 1.29 is 4.79 Å². The smallest absolute Gasteiger partial charge is 0.238 e. The van der Waals surface area contributed by atoms with Crippen LogP contribution in [0.3, 0.4) is 0 Å². The van der Waals surface area contributed by atoms with Crippen LogP contribution in [0.5, 0.6) is 0 Å². The lowest BCUT2D eigenvalue weighted by Crippen LogP contribution is -2.32. The molecule has 25 heavy (non-hydrogen) atoms. The van der Waals surface area contributed by atoms with Crippen molar-refractivity contribution in [3.63, 3.8) is 0 Å². The summed E-state index contributed by atoms with van der Waals surface area (Å²) in [6, 6.07) is 20.8. The first-order valence-corrected chi connectivity index (χ1v) is 8.59. The van der Waals surface area contributed by atoms with Crippen molar-refractivity contribution in [3.8, 4) is 17.5 Å². The van der Waals surface area contributed by atoms with Gasteiger partial charge < -0.3 is 0 Å². The number of hydrogen-bond acceptors (Lipinski definition) is 5. The van der Waals surface area contributed by atoms with Crippen molar-refractivity contribution in [1.29, 1.82) is 5.26 Å². The molecule has 1 N–H and O–H groups in total. The summed E-state index contributed by atoms with van der Waals surface area (Å²) in [5.74, 6) is 0.652. The van der Waals surface area contributed by atoms with Gasteiger partial charge in [0.25, 0.3) is 0 Å². The number of benzene rings is 2. The van der Waals surface area contributed by atoms with Crippen LogP contribution in [0.1, 0.15) is 0 Å². The molecule has 0 unspecified atom stereocenters. The molecule has 0 radical (unpaired) electrons. The zero-order chi connectivity index (χ0) is 17.5. The first-order valence-electron chi connectivity index (χ1n) is 7.61. The molecule has 0 aliphatic carbocycles. The second kappa shape index (κ2) is 8.13. The minimum Gasteiger partial charge on any atom is -0.298 e. The van der Waals surface area contributed by atoms with E-state index in [-0.39, 0.29) is 18.2 Å². The van der Waals surface area contributed by atoms with E-state index in [2.05, 4.69) is 15.2 Å². The Labute approximate surface area is 149 Å². The number of carbonyl (C=O) groups is 1. The first kappa shape index (κ1) is 16.7. The van der Waals surface area contributed by atoms with E-state index in [4.69, 9.17) is 5.26 Å². The Morgan fingerprint density at radius 1 is 1.12 bits per heavy atom. The molecule has 0 spiro atoms. The normalized spacial score (nSPS) is 10.2. The fourth-order valence-corrected chi connectivity index (χ4v) is 2.92. The number of thioether (sulfide) groups is 1. The highest BCUT2D eigenvalue weighted by Crippen LogP contribution is 2.20. The van der Waals surface area contributed by atoms with Gasteiger partial charge in [-0.25, -0.2) is 4.98 Å². The van der Waals surface area contributed by atoms with E-state index in [1.165, 1.54) is 16.7 Å². The van der Waals surface area contributed by atoms with E-state index in [1.807, 2.05) is 54.6 Å². The predicted octanol–water partition coefficient (Wildman–Crippen LogP) is 3.12. The molecule has 1 heterocycles. The summed E-state index contributed by atoms with van der Waals surface area (Å²) in [5, 5.41) is 16.5. The zero-order valence-corrected chi connectivity index (χ0v) is 14.1. The number of para-hydroxylation sites is 1. The molecule has 0 atom stereocenters. The number of aromatic nitrogens is 3. The number of aromatic amines is 1. The van der Waals surface area contributed by atoms with Crippen LogP contribution in [0.2, 0.25) is 0 Å². The van der Waals surface area contributed by atoms with Crippen LogP contribution in [0.4, 0.5) is 5.69 Å². The Bertz CT molecular complexity index is 873. The number of H-pyrrole nitrogens is 1. The van der Waals surface area contributed by atoms with Gasteiger partial charge in [-0.2, -0.15) is 5.26 Å². The van der Waals surface area contributed by atoms with E-state index in [9.17, 15) is 4.79 Å². The average Bonchev–Trinajstić information content (AvgIpc) is 3.15. The first-order chi connectivity index (χ1) is 12.3. The van der Waals surface area contributed by atoms with Crippen LogP contribution in [0, 0.1) is 11.3 Å². The minimum atomic E-state index is -0.163. The molecule has 3 rings (SSSR count). The molecule has 2 aromatic carbocycles. The Morgan fingerprint density at radius 3 is 2.48 bits per heavy atom. The summed E-state index contributed by atoms with van der Waals surface area (Å²) in [5.41, 5.74) is 1.64. The fraction of sp³-hybridized carbons (Fsp3) is 0.111. The van der Waals surface area contributed by atoms with Crippen LogP contribution in [0.15, 0.2) is 65.8 Å². The van der Waals surface area contributed by atoms with Crippen molar-refractivity contribution in [2.24, 2.45) is 0 Å². The molecule has 7 heteroatoms. The molecule has 0 aliphatic heterocycles. The number of nitrogens with zero attached hydrogens (tertiary/aromatic N) is 4. The third kappa shape index (κ3) is 4.25. The largest absolute Gasteiger partial charge is 0.298 e. The van der Waals surface area contributed by atoms with Gasteiger partial charge in [0, 0.05) is 11.3 Å². The Kier molecular flexibility index (Phi) is 5.44. The van der Waals surface area contributed by atoms with Crippen molar-refractivity contribution >= 4 is 23.4 Å². The van der Waals surface area contributed by atoms with Crippen LogP contribution < -0.4 is 4.90 Å². The second-order valence-corrected chi connectivity index (χ2v) is 6.04. The topological polar surface area (TPSA) is 85.7 Å². The molecule has 1 amide bonds. The summed E-state index contributed by atoms with van der Waals surface area (Å²) < 4.78 is 0. The summed E-state index contributed by atoms with van der Waals surface area (Å²) >= 11 is 1.24. The number of nitriles is 1. The average molecular weight is 349 g/mol. The standard InChI is InChI=1S/C18H15N5OS/c19-11-12-23(15-9-5-2-6-10-15)16(24)13-25-18-20-17(21-22-18)14-7-3-1-4-8-14/h1-10H,12-13H2,(H,20,21,22). The van der Waals surface area contributed by atoms with Gasteiger partial charge in [-0.1, -0.05) is 60.3 Å². The minimum absolute atomic E-state index is 0.00661. The molecule has 0 saturated heterocycles. The number of anilines is 1. The highest BCUT2D eigenvalue weighted by Gasteiger charge is 2.16. The summed E-state index contributed by atoms with van der Waals surface area (Å²) in [6.45, 7) is 0.00661. The number of rotatable bonds is 6. The van der Waals surface area contributed by atoms with Crippen molar-refractivity contribution in [2.45, 2.75) is 5.16 Å². The molecule has 0 bridgehead atoms. The van der Waals surface area contributed by atoms with Gasteiger partial charge in [0.2, 0.25) is 11.1 Å². The highest BCUT2D eigenvalue weighted by molar-refractivity contribution is 7.99. The van der Waals surface area contributed by atoms with Crippen molar-refractivity contribution in [2.75, 3.05) is 17.2 Å². The number of amides is 1. The van der Waals surface area contributed by atoms with Gasteiger partial charge in [-0.3, -0.25) is 14.8 Å². The molecular weight excluding hydrogens is 334 g/mol. The zero-order valence-electron chi connectivity index (χ0n) is 13.3. The number of carbonyl (C=O) groups excluding carboxylic acids is 1. The molecule has 1 aromatic heterocycles. The van der Waals surface area contributed by atoms with E-state index >= 15 is 0 Å². The Morgan fingerprint density at radius 2 is 1.80 bits per heavy atom. The third-order valence-electron chi connectivity index (χ3n) is 3.43. The number of nitrogens with one attached hydrogen (secondary N) is 1. The molecule has 124 valence electrons. The van der Waals surface area contributed by atoms with Gasteiger partial charge in [-0.05, 0) is 12.1 Å². The Hall–Kier alpha value is -3.11. The molecule has 0 saturated carbocycles. The van der Waals surface area contributed by atoms with E-state index in [1.54, 1.807) is 12.1 Å². The summed E-state index contributed by atoms with van der Waals surface area (Å²) in [7, 11) is 0. The van der Waals surface area contributed by atoms with Gasteiger partial charge in [-0.15, -0.1) is 5.10 Å². The van der Waals surface area contributed by atoms with Crippen LogP contribution in [0.25, 0.3) is 11.4 Å². The molecule has 0 fully saturated rings. The third-order valence-corrected chi connectivity index (χ3v) is 4.27. The maximum Gasteiger partial charge on any atom is 0.238 e. The highest BCUT2D eigenvalue weighted by atomic mass is 32.2. The van der Waals surface area contributed by atoms with E-state index < -0.39 is 0 Å². The molecular formula is C18H15N5OS. The lowest BCUT2D eigenvalue weighted by Gasteiger charge is -2.19. The summed E-state index contributed by atoms with van der Waals surface area (Å²) in [6.07, 6.45) is 0. The van der Waals surface area contributed by atoms with E-state index in [0.29, 0.717) is 16.7 Å². The molecule has 3 aromatic rings. The van der Waals surface area contributed by atoms with Crippen molar-refractivity contribution in [1.82, 2.24) is 15.2 Å². The monoisotopic (exact) mass is 349 g/mol. The number of hydrogen-bond donors (Lipinski definition) is 1. The lowest BCUT2D eigenvalue weighted by molar-refractivity contribution is -0.116. The molecule has 6 nitrogen and oxygen atoms in total. The molecule has 0 aliphatic rings. The van der Waals surface area contributed by atoms with Crippen LogP contribution in [-0.4, -0.2) is 33.4 Å². The maximum absolute atomic E-state index is 12.5. The second-order valence-electron chi connectivity index (χ2n) is 5.09. The van der Waals surface area contributed by atoms with Gasteiger partial charge in [0.05, 0.1) is 11.8 Å². The van der Waals surface area contributed by atoms with Gasteiger partial charge in [0.1, 0.15) is 6.54 Å².